The first-order valence-corrected chi connectivity index (χ1v) is 11.8. The minimum absolute atomic E-state index is 0.00793. The summed E-state index contributed by atoms with van der Waals surface area (Å²) < 4.78 is 75.9. The lowest BCUT2D eigenvalue weighted by atomic mass is 10.1. The number of aromatic nitrogens is 5. The van der Waals surface area contributed by atoms with Gasteiger partial charge in [-0.25, -0.2) is 18.6 Å². The highest BCUT2D eigenvalue weighted by Crippen LogP contribution is 2.40. The van der Waals surface area contributed by atoms with E-state index in [1.54, 1.807) is 6.07 Å². The fraction of sp³-hybridized carbons (Fsp3) is 0.409. The summed E-state index contributed by atoms with van der Waals surface area (Å²) in [5, 5.41) is 18.8. The number of aryl methyl sites for hydroxylation is 1. The van der Waals surface area contributed by atoms with Crippen molar-refractivity contribution in [3.8, 4) is 17.1 Å². The molecular formula is C22H22ClF5N8O3. The Morgan fingerprint density at radius 3 is 2.67 bits per heavy atom. The third-order valence-electron chi connectivity index (χ3n) is 5.44. The maximum Gasteiger partial charge on any atom is 0.435 e. The Labute approximate surface area is 223 Å². The molecule has 1 aliphatic heterocycles. The highest BCUT2D eigenvalue weighted by molar-refractivity contribution is 6.29. The van der Waals surface area contributed by atoms with Crippen LogP contribution in [0.25, 0.3) is 11.3 Å². The molecule has 11 nitrogen and oxygen atoms in total. The van der Waals surface area contributed by atoms with Gasteiger partial charge in [0.25, 0.3) is 6.43 Å². The molecule has 0 saturated carbocycles. The fourth-order valence-electron chi connectivity index (χ4n) is 3.77. The Morgan fingerprint density at radius 2 is 1.97 bits per heavy atom. The van der Waals surface area contributed by atoms with Gasteiger partial charge in [0, 0.05) is 24.8 Å². The maximum absolute atomic E-state index is 13.6. The van der Waals surface area contributed by atoms with E-state index in [9.17, 15) is 26.7 Å². The molecule has 1 aliphatic rings. The normalized spacial score (nSPS) is 14.0. The van der Waals surface area contributed by atoms with Crippen molar-refractivity contribution >= 4 is 29.0 Å². The average molecular weight is 577 g/mol. The molecule has 1 saturated heterocycles. The second-order valence-corrected chi connectivity index (χ2v) is 8.65. The number of rotatable bonds is 8. The van der Waals surface area contributed by atoms with Crippen LogP contribution in [0, 0.1) is 6.92 Å². The summed E-state index contributed by atoms with van der Waals surface area (Å²) in [5.74, 6) is -0.206. The molecule has 3 aromatic heterocycles. The number of anilines is 2. The summed E-state index contributed by atoms with van der Waals surface area (Å²) in [4.78, 5) is 18.0. The number of carbonyl (C=O) groups is 1. The van der Waals surface area contributed by atoms with Crippen molar-refractivity contribution in [2.24, 2.45) is 0 Å². The lowest BCUT2D eigenvalue weighted by Crippen LogP contribution is -2.37. The number of nitrogens with one attached hydrogen (secondary N) is 3. The second-order valence-electron chi connectivity index (χ2n) is 8.27. The summed E-state index contributed by atoms with van der Waals surface area (Å²) in [7, 11) is 0. The van der Waals surface area contributed by atoms with Crippen LogP contribution in [-0.4, -0.2) is 70.7 Å². The molecule has 17 heteroatoms. The van der Waals surface area contributed by atoms with Crippen LogP contribution in [-0.2, 0) is 17.5 Å². The molecule has 39 heavy (non-hydrogen) atoms. The van der Waals surface area contributed by atoms with Crippen molar-refractivity contribution in [3.05, 3.63) is 40.4 Å². The smallest absolute Gasteiger partial charge is 0.435 e. The van der Waals surface area contributed by atoms with E-state index in [4.69, 9.17) is 21.1 Å². The van der Waals surface area contributed by atoms with Gasteiger partial charge in [-0.05, 0) is 19.1 Å². The van der Waals surface area contributed by atoms with Gasteiger partial charge in [-0.2, -0.15) is 23.4 Å². The van der Waals surface area contributed by atoms with Crippen molar-refractivity contribution < 1.29 is 36.2 Å². The van der Waals surface area contributed by atoms with Gasteiger partial charge in [0.2, 0.25) is 5.88 Å². The van der Waals surface area contributed by atoms with E-state index < -0.39 is 30.9 Å². The van der Waals surface area contributed by atoms with Crippen molar-refractivity contribution in [2.75, 3.05) is 43.1 Å². The molecule has 1 fully saturated rings. The monoisotopic (exact) mass is 576 g/mol. The van der Waals surface area contributed by atoms with E-state index in [-0.39, 0.29) is 45.9 Å². The van der Waals surface area contributed by atoms with Gasteiger partial charge in [0.05, 0.1) is 42.4 Å². The molecule has 0 unspecified atom stereocenters. The first-order chi connectivity index (χ1) is 18.5. The third-order valence-corrected chi connectivity index (χ3v) is 5.64. The number of H-pyrrole nitrogens is 1. The maximum atomic E-state index is 13.6. The van der Waals surface area contributed by atoms with E-state index in [1.807, 2.05) is 4.90 Å². The molecule has 0 bridgehead atoms. The molecular weight excluding hydrogens is 555 g/mol. The lowest BCUT2D eigenvalue weighted by Gasteiger charge is -2.30. The van der Waals surface area contributed by atoms with Crippen molar-refractivity contribution in [2.45, 2.75) is 26.1 Å². The third kappa shape index (κ3) is 7.20. The van der Waals surface area contributed by atoms with E-state index in [1.165, 1.54) is 19.1 Å². The van der Waals surface area contributed by atoms with Crippen molar-refractivity contribution in [1.29, 1.82) is 0 Å². The van der Waals surface area contributed by atoms with Gasteiger partial charge in [-0.3, -0.25) is 5.10 Å². The number of morpholine rings is 1. The zero-order valence-corrected chi connectivity index (χ0v) is 21.0. The zero-order valence-electron chi connectivity index (χ0n) is 20.3. The standard InChI is InChI=1S/C22H22ClF5N8O3/c1-11-18(20(35-32-11)22(26,27)28)19-14(36-2-4-38-5-3-36)6-13(33-34-19)9-29-21(37)30-12-7-15(23)31-17(8-12)39-10-16(24)25/h6-8,16H,2-5,9-10H2,1H3,(H,32,35)(H2,29,30,31,37). The molecule has 210 valence electrons. The predicted molar refractivity (Wildman–Crippen MR) is 129 cm³/mol. The topological polar surface area (TPSA) is 130 Å². The van der Waals surface area contributed by atoms with Crippen LogP contribution >= 0.6 is 11.6 Å². The van der Waals surface area contributed by atoms with Crippen LogP contribution in [0.5, 0.6) is 5.88 Å². The summed E-state index contributed by atoms with van der Waals surface area (Å²) in [6.45, 7) is 1.96. The fourth-order valence-corrected chi connectivity index (χ4v) is 3.97. The number of hydrogen-bond acceptors (Lipinski definition) is 8. The number of carbonyl (C=O) groups excluding carboxylic acids is 1. The number of urea groups is 1. The lowest BCUT2D eigenvalue weighted by molar-refractivity contribution is -0.140. The van der Waals surface area contributed by atoms with E-state index in [2.05, 4.69) is 36.0 Å². The van der Waals surface area contributed by atoms with Gasteiger partial charge in [-0.1, -0.05) is 11.6 Å². The molecule has 3 N–H and O–H groups in total. The molecule has 0 radical (unpaired) electrons. The van der Waals surface area contributed by atoms with Crippen molar-refractivity contribution in [1.82, 2.24) is 30.7 Å². The Kier molecular flexibility index (Phi) is 8.64. The number of aromatic amines is 1. The molecule has 0 aliphatic carbocycles. The summed E-state index contributed by atoms with van der Waals surface area (Å²) in [5.41, 5.74) is -0.394. The van der Waals surface area contributed by atoms with E-state index >= 15 is 0 Å². The summed E-state index contributed by atoms with van der Waals surface area (Å²) in [6, 6.07) is 3.33. The predicted octanol–water partition coefficient (Wildman–Crippen LogP) is 4.04. The van der Waals surface area contributed by atoms with Gasteiger partial charge >= 0.3 is 12.2 Å². The Bertz CT molecular complexity index is 1320. The molecule has 4 heterocycles. The van der Waals surface area contributed by atoms with Gasteiger partial charge in [-0.15, -0.1) is 5.10 Å². The number of ether oxygens (including phenoxy) is 2. The Balaban J connectivity index is 1.53. The quantitative estimate of drug-likeness (QED) is 0.271. The Hall–Kier alpha value is -3.79. The molecule has 3 aromatic rings. The number of pyridine rings is 1. The van der Waals surface area contributed by atoms with E-state index in [0.717, 1.165) is 0 Å². The number of amides is 2. The number of hydrogen-bond donors (Lipinski definition) is 3. The number of nitrogens with zero attached hydrogens (tertiary/aromatic N) is 5. The zero-order chi connectivity index (χ0) is 28.2. The molecule has 0 aromatic carbocycles. The van der Waals surface area contributed by atoms with Crippen LogP contribution in [0.4, 0.5) is 38.1 Å². The first-order valence-electron chi connectivity index (χ1n) is 11.5. The molecule has 4 rings (SSSR count). The minimum Gasteiger partial charge on any atom is -0.471 e. The number of halogens is 6. The minimum atomic E-state index is -4.72. The van der Waals surface area contributed by atoms with Gasteiger partial charge < -0.3 is 25.0 Å². The SMILES string of the molecule is Cc1[nH]nc(C(F)(F)F)c1-c1nnc(CNC(=O)Nc2cc(Cl)nc(OCC(F)F)c2)cc1N1CCOCC1. The molecule has 2 amide bonds. The molecule has 0 spiro atoms. The van der Waals surface area contributed by atoms with Crippen molar-refractivity contribution in [3.63, 3.8) is 0 Å². The van der Waals surface area contributed by atoms with Gasteiger partial charge in [0.1, 0.15) is 10.8 Å². The van der Waals surface area contributed by atoms with E-state index in [0.29, 0.717) is 32.0 Å². The average Bonchev–Trinajstić information content (AvgIpc) is 3.28. The second kappa shape index (κ2) is 11.9. The van der Waals surface area contributed by atoms with Crippen LogP contribution in [0.15, 0.2) is 18.2 Å². The number of alkyl halides is 5. The Morgan fingerprint density at radius 1 is 1.23 bits per heavy atom. The molecule has 0 atom stereocenters. The largest absolute Gasteiger partial charge is 0.471 e. The highest BCUT2D eigenvalue weighted by atomic mass is 35.5. The first kappa shape index (κ1) is 28.2. The van der Waals surface area contributed by atoms with Gasteiger partial charge in [0.15, 0.2) is 12.3 Å². The van der Waals surface area contributed by atoms with Crippen LogP contribution in [0.3, 0.4) is 0 Å². The van der Waals surface area contributed by atoms with Crippen LogP contribution in [0.1, 0.15) is 17.1 Å². The highest BCUT2D eigenvalue weighted by Gasteiger charge is 2.39. The van der Waals surface area contributed by atoms with Crippen LogP contribution < -0.4 is 20.3 Å². The summed E-state index contributed by atoms with van der Waals surface area (Å²) >= 11 is 5.86. The van der Waals surface area contributed by atoms with Crippen LogP contribution in [0.2, 0.25) is 5.15 Å². The summed E-state index contributed by atoms with van der Waals surface area (Å²) in [6.07, 6.45) is -7.44.